The zero-order chi connectivity index (χ0) is 12.8. The molecule has 0 aliphatic carbocycles. The highest BCUT2D eigenvalue weighted by Gasteiger charge is 2.09. The Morgan fingerprint density at radius 1 is 1.53 bits per heavy atom. The Bertz CT molecular complexity index is 391. The molecule has 17 heavy (non-hydrogen) atoms. The van der Waals surface area contributed by atoms with Crippen LogP contribution in [-0.4, -0.2) is 17.6 Å². The first-order valence-electron chi connectivity index (χ1n) is 5.82. The Morgan fingerprint density at radius 3 is 2.88 bits per heavy atom. The summed E-state index contributed by atoms with van der Waals surface area (Å²) in [5.41, 5.74) is 7.05. The van der Waals surface area contributed by atoms with Gasteiger partial charge < -0.3 is 16.2 Å². The van der Waals surface area contributed by atoms with Crippen molar-refractivity contribution in [2.45, 2.75) is 32.7 Å². The summed E-state index contributed by atoms with van der Waals surface area (Å²) < 4.78 is 0. The number of phenols is 1. The number of rotatable bonds is 6. The largest absolute Gasteiger partial charge is 0.508 e. The summed E-state index contributed by atoms with van der Waals surface area (Å²) in [5, 5.41) is 13.0. The Labute approximate surface area is 102 Å². The predicted molar refractivity (Wildman–Crippen MR) is 67.7 cm³/mol. The second kappa shape index (κ2) is 6.25. The van der Waals surface area contributed by atoms with E-state index in [1.807, 2.05) is 26.0 Å². The fraction of sp³-hybridized carbons (Fsp3) is 0.462. The van der Waals surface area contributed by atoms with Crippen molar-refractivity contribution in [1.29, 1.82) is 0 Å². The molecule has 1 unspecified atom stereocenters. The minimum Gasteiger partial charge on any atom is -0.508 e. The second-order valence-corrected chi connectivity index (χ2v) is 4.31. The molecule has 0 bridgehead atoms. The minimum atomic E-state index is -0.280. The van der Waals surface area contributed by atoms with Crippen LogP contribution in [0.3, 0.4) is 0 Å². The van der Waals surface area contributed by atoms with Crippen molar-refractivity contribution in [3.05, 3.63) is 29.3 Å². The first-order valence-corrected chi connectivity index (χ1v) is 5.82. The Kier molecular flexibility index (Phi) is 4.97. The fourth-order valence-electron chi connectivity index (χ4n) is 1.71. The molecule has 0 aromatic heterocycles. The minimum absolute atomic E-state index is 0.0581. The van der Waals surface area contributed by atoms with Gasteiger partial charge in [-0.1, -0.05) is 17.7 Å². The van der Waals surface area contributed by atoms with Gasteiger partial charge in [0.15, 0.2) is 0 Å². The lowest BCUT2D eigenvalue weighted by Crippen LogP contribution is -2.21. The first-order chi connectivity index (χ1) is 8.00. The van der Waals surface area contributed by atoms with Crippen LogP contribution in [0.2, 0.25) is 0 Å². The Hall–Kier alpha value is -1.55. The number of aryl methyl sites for hydroxylation is 1. The number of primary amides is 1. The molecule has 4 nitrogen and oxygen atoms in total. The van der Waals surface area contributed by atoms with Gasteiger partial charge in [0.25, 0.3) is 0 Å². The zero-order valence-electron chi connectivity index (χ0n) is 10.4. The molecule has 1 amide bonds. The molecule has 1 aromatic carbocycles. The van der Waals surface area contributed by atoms with E-state index < -0.39 is 0 Å². The van der Waals surface area contributed by atoms with Gasteiger partial charge in [0, 0.05) is 18.0 Å². The third kappa shape index (κ3) is 4.44. The molecule has 0 radical (unpaired) electrons. The van der Waals surface area contributed by atoms with Gasteiger partial charge in [0.05, 0.1) is 0 Å². The van der Waals surface area contributed by atoms with E-state index in [0.717, 1.165) is 11.1 Å². The van der Waals surface area contributed by atoms with Crippen LogP contribution in [0.25, 0.3) is 0 Å². The van der Waals surface area contributed by atoms with Gasteiger partial charge in [-0.3, -0.25) is 4.79 Å². The molecule has 0 aliphatic rings. The Morgan fingerprint density at radius 2 is 2.24 bits per heavy atom. The zero-order valence-corrected chi connectivity index (χ0v) is 10.4. The van der Waals surface area contributed by atoms with Crippen molar-refractivity contribution >= 4 is 5.91 Å². The highest BCUT2D eigenvalue weighted by Crippen LogP contribution is 2.24. The van der Waals surface area contributed by atoms with Crippen molar-refractivity contribution in [3.63, 3.8) is 0 Å². The number of nitrogens with one attached hydrogen (secondary N) is 1. The van der Waals surface area contributed by atoms with Crippen molar-refractivity contribution in [2.24, 2.45) is 5.73 Å². The van der Waals surface area contributed by atoms with Gasteiger partial charge in [0.1, 0.15) is 5.75 Å². The molecular formula is C13H20N2O2. The van der Waals surface area contributed by atoms with E-state index in [1.165, 1.54) is 0 Å². The molecule has 0 saturated heterocycles. The summed E-state index contributed by atoms with van der Waals surface area (Å²) in [6, 6.07) is 5.59. The molecular weight excluding hydrogens is 216 g/mol. The van der Waals surface area contributed by atoms with Crippen molar-refractivity contribution in [3.8, 4) is 5.75 Å². The first kappa shape index (κ1) is 13.5. The van der Waals surface area contributed by atoms with Gasteiger partial charge in [-0.05, 0) is 32.9 Å². The van der Waals surface area contributed by atoms with Crippen molar-refractivity contribution < 1.29 is 9.90 Å². The van der Waals surface area contributed by atoms with E-state index in [4.69, 9.17) is 5.73 Å². The summed E-state index contributed by atoms with van der Waals surface area (Å²) in [6.07, 6.45) is 1.10. The van der Waals surface area contributed by atoms with Crippen LogP contribution in [0.1, 0.15) is 36.9 Å². The van der Waals surface area contributed by atoms with E-state index >= 15 is 0 Å². The van der Waals surface area contributed by atoms with Crippen LogP contribution >= 0.6 is 0 Å². The maximum Gasteiger partial charge on any atom is 0.217 e. The molecule has 0 heterocycles. The third-order valence-corrected chi connectivity index (χ3v) is 2.70. The van der Waals surface area contributed by atoms with E-state index in [-0.39, 0.29) is 11.9 Å². The predicted octanol–water partition coefficient (Wildman–Crippen LogP) is 1.62. The van der Waals surface area contributed by atoms with Crippen LogP contribution in [0, 0.1) is 6.92 Å². The molecule has 0 aliphatic heterocycles. The highest BCUT2D eigenvalue weighted by atomic mass is 16.3. The fourth-order valence-corrected chi connectivity index (χ4v) is 1.71. The lowest BCUT2D eigenvalue weighted by atomic mass is 10.0. The lowest BCUT2D eigenvalue weighted by Gasteiger charge is -2.16. The smallest absolute Gasteiger partial charge is 0.217 e. The number of carbonyl (C=O) groups excluding carboxylic acids is 1. The van der Waals surface area contributed by atoms with Crippen LogP contribution in [0.15, 0.2) is 18.2 Å². The molecule has 0 spiro atoms. The number of aromatic hydroxyl groups is 1. The van der Waals surface area contributed by atoms with Crippen LogP contribution in [-0.2, 0) is 4.79 Å². The standard InChI is InChI=1S/C13H20N2O2/c1-9-5-6-12(16)11(8-9)10(2)15-7-3-4-13(14)17/h5-6,8,10,15-16H,3-4,7H2,1-2H3,(H2,14,17). The number of phenolic OH excluding ortho intramolecular Hbond substituents is 1. The van der Waals surface area contributed by atoms with Gasteiger partial charge in [0.2, 0.25) is 5.91 Å². The van der Waals surface area contributed by atoms with E-state index in [9.17, 15) is 9.90 Å². The summed E-state index contributed by atoms with van der Waals surface area (Å²) in [7, 11) is 0. The number of nitrogens with two attached hydrogens (primary N) is 1. The van der Waals surface area contributed by atoms with E-state index in [2.05, 4.69) is 5.32 Å². The number of hydrogen-bond donors (Lipinski definition) is 3. The summed E-state index contributed by atoms with van der Waals surface area (Å²) in [5.74, 6) is 0.0170. The number of hydrogen-bond acceptors (Lipinski definition) is 3. The molecule has 1 aromatic rings. The molecule has 4 N–H and O–H groups in total. The number of carbonyl (C=O) groups is 1. The van der Waals surface area contributed by atoms with Gasteiger partial charge in [-0.25, -0.2) is 0 Å². The summed E-state index contributed by atoms with van der Waals surface area (Å²) >= 11 is 0. The highest BCUT2D eigenvalue weighted by molar-refractivity contribution is 5.73. The normalized spacial score (nSPS) is 12.4. The van der Waals surface area contributed by atoms with Crippen LogP contribution < -0.4 is 11.1 Å². The maximum absolute atomic E-state index is 10.6. The van der Waals surface area contributed by atoms with Crippen LogP contribution in [0.5, 0.6) is 5.75 Å². The molecule has 0 fully saturated rings. The third-order valence-electron chi connectivity index (χ3n) is 2.70. The number of benzene rings is 1. The molecule has 94 valence electrons. The molecule has 1 rings (SSSR count). The Balaban J connectivity index is 2.49. The monoisotopic (exact) mass is 236 g/mol. The second-order valence-electron chi connectivity index (χ2n) is 4.31. The number of amides is 1. The van der Waals surface area contributed by atoms with Gasteiger partial charge >= 0.3 is 0 Å². The topological polar surface area (TPSA) is 75.3 Å². The summed E-state index contributed by atoms with van der Waals surface area (Å²) in [6.45, 7) is 4.68. The van der Waals surface area contributed by atoms with Crippen LogP contribution in [0.4, 0.5) is 0 Å². The average Bonchev–Trinajstić information content (AvgIpc) is 2.27. The van der Waals surface area contributed by atoms with Gasteiger partial charge in [-0.15, -0.1) is 0 Å². The van der Waals surface area contributed by atoms with Crippen molar-refractivity contribution in [1.82, 2.24) is 5.32 Å². The molecule has 0 saturated carbocycles. The van der Waals surface area contributed by atoms with Crippen molar-refractivity contribution in [2.75, 3.05) is 6.54 Å². The average molecular weight is 236 g/mol. The summed E-state index contributed by atoms with van der Waals surface area (Å²) in [4.78, 5) is 10.6. The quantitative estimate of drug-likeness (QED) is 0.657. The van der Waals surface area contributed by atoms with E-state index in [1.54, 1.807) is 6.07 Å². The molecule has 1 atom stereocenters. The molecule has 4 heteroatoms. The van der Waals surface area contributed by atoms with Gasteiger partial charge in [-0.2, -0.15) is 0 Å². The SMILES string of the molecule is Cc1ccc(O)c(C(C)NCCCC(N)=O)c1. The lowest BCUT2D eigenvalue weighted by molar-refractivity contribution is -0.118. The van der Waals surface area contributed by atoms with E-state index in [0.29, 0.717) is 25.1 Å². The maximum atomic E-state index is 10.6.